The number of rotatable bonds is 32. The lowest BCUT2D eigenvalue weighted by molar-refractivity contribution is -0.0575. The molecule has 0 aromatic heterocycles. The Balaban J connectivity index is 5.16. The van der Waals surface area contributed by atoms with Crippen LogP contribution in [0.4, 0.5) is 0 Å². The van der Waals surface area contributed by atoms with E-state index < -0.39 is 0 Å². The molecule has 248 valence electrons. The van der Waals surface area contributed by atoms with Crippen LogP contribution in [0.25, 0.3) is 0 Å². The molecule has 0 aliphatic heterocycles. The molecule has 3 nitrogen and oxygen atoms in total. The lowest BCUT2D eigenvalue weighted by Gasteiger charge is -2.38. The molecule has 0 heterocycles. The number of hydrogen-bond donors (Lipinski definition) is 0. The van der Waals surface area contributed by atoms with Crippen LogP contribution in [0.2, 0.25) is 0 Å². The predicted octanol–water partition coefficient (Wildman–Crippen LogP) is 11.9. The van der Waals surface area contributed by atoms with Gasteiger partial charge in [0.2, 0.25) is 0 Å². The van der Waals surface area contributed by atoms with Crippen LogP contribution in [0.5, 0.6) is 0 Å². The van der Waals surface area contributed by atoms with Crippen LogP contribution in [0, 0.1) is 23.7 Å². The summed E-state index contributed by atoms with van der Waals surface area (Å²) in [7, 11) is 0. The van der Waals surface area contributed by atoms with Gasteiger partial charge in [-0.3, -0.25) is 0 Å². The van der Waals surface area contributed by atoms with Gasteiger partial charge >= 0.3 is 0 Å². The minimum absolute atomic E-state index is 0.575. The summed E-state index contributed by atoms with van der Waals surface area (Å²) in [6.07, 6.45) is 27.2. The van der Waals surface area contributed by atoms with Gasteiger partial charge in [-0.2, -0.15) is 0 Å². The van der Waals surface area contributed by atoms with Crippen molar-refractivity contribution >= 4 is 0 Å². The van der Waals surface area contributed by atoms with Gasteiger partial charge in [0.15, 0.2) is 0 Å². The molecule has 0 aliphatic rings. The van der Waals surface area contributed by atoms with Gasteiger partial charge in [-0.25, -0.2) is 10.0 Å². The van der Waals surface area contributed by atoms with Gasteiger partial charge in [0.1, 0.15) is 0 Å². The third kappa shape index (κ3) is 24.0. The van der Waals surface area contributed by atoms with E-state index in [9.17, 15) is 0 Å². The zero-order valence-electron chi connectivity index (χ0n) is 30.0. The van der Waals surface area contributed by atoms with E-state index >= 15 is 0 Å². The van der Waals surface area contributed by atoms with E-state index in [1.54, 1.807) is 0 Å². The first-order chi connectivity index (χ1) is 19.9. The normalized spacial score (nSPS) is 15.1. The molecule has 0 saturated heterocycles. The Hall–Kier alpha value is -0.120. The Bertz CT molecular complexity index is 513. The van der Waals surface area contributed by atoms with E-state index in [4.69, 9.17) is 4.74 Å². The van der Waals surface area contributed by atoms with E-state index in [-0.39, 0.29) is 0 Å². The van der Waals surface area contributed by atoms with E-state index in [0.717, 1.165) is 37.5 Å². The number of ether oxygens (including phenoxy) is 1. The van der Waals surface area contributed by atoms with Crippen LogP contribution in [-0.4, -0.2) is 49.4 Å². The van der Waals surface area contributed by atoms with Crippen molar-refractivity contribution in [3.8, 4) is 0 Å². The van der Waals surface area contributed by atoms with Crippen LogP contribution in [0.3, 0.4) is 0 Å². The van der Waals surface area contributed by atoms with Gasteiger partial charge in [0.05, 0.1) is 6.61 Å². The molecule has 0 amide bonds. The fraction of sp³-hybridized carbons (Fsp3) is 1.00. The highest BCUT2D eigenvalue weighted by Gasteiger charge is 2.20. The summed E-state index contributed by atoms with van der Waals surface area (Å²) in [5.41, 5.74) is 0. The third-order valence-corrected chi connectivity index (χ3v) is 9.39. The molecule has 0 N–H and O–H groups in total. The van der Waals surface area contributed by atoms with Crippen LogP contribution >= 0.6 is 0 Å². The van der Waals surface area contributed by atoms with E-state index in [1.165, 1.54) is 148 Å². The molecular weight excluding hydrogens is 500 g/mol. The Labute approximate surface area is 261 Å². The second-order valence-electron chi connectivity index (χ2n) is 13.8. The summed E-state index contributed by atoms with van der Waals surface area (Å²) >= 11 is 0. The standard InChI is InChI=1S/C38H80N2O/c1-9-15-19-21-25-35(7)31-39(29-23-16-10-2)40(30-24-20-22-28-37(13-5)26-17-11-3)32-36(8)33-41-34-38(14-6)27-18-12-4/h35-38H,9-34H2,1-8H3. The largest absolute Gasteiger partial charge is 0.381 e. The van der Waals surface area contributed by atoms with Crippen molar-refractivity contribution in [3.63, 3.8) is 0 Å². The van der Waals surface area contributed by atoms with Crippen LogP contribution in [0.15, 0.2) is 0 Å². The maximum absolute atomic E-state index is 6.35. The second kappa shape index (κ2) is 29.9. The zero-order valence-corrected chi connectivity index (χ0v) is 30.0. The first kappa shape index (κ1) is 40.9. The highest BCUT2D eigenvalue weighted by atomic mass is 16.5. The molecule has 3 heteroatoms. The molecule has 0 fully saturated rings. The molecule has 0 aliphatic carbocycles. The van der Waals surface area contributed by atoms with Gasteiger partial charge < -0.3 is 4.74 Å². The monoisotopic (exact) mass is 581 g/mol. The molecule has 0 aromatic rings. The highest BCUT2D eigenvalue weighted by molar-refractivity contribution is 4.68. The Kier molecular flexibility index (Phi) is 29.8. The molecule has 4 atom stereocenters. The van der Waals surface area contributed by atoms with Crippen LogP contribution < -0.4 is 0 Å². The maximum Gasteiger partial charge on any atom is 0.0504 e. The SMILES string of the molecule is CCCCCCC(C)CN(CCCCC)N(CCCCCC(CC)CCCC)CC(C)COCC(CC)CCCC. The van der Waals surface area contributed by atoms with Crippen LogP contribution in [0.1, 0.15) is 184 Å². The molecular formula is C38H80N2O. The molecule has 41 heavy (non-hydrogen) atoms. The van der Waals surface area contributed by atoms with Crippen molar-refractivity contribution in [3.05, 3.63) is 0 Å². The molecule has 4 unspecified atom stereocenters. The molecule has 0 rings (SSSR count). The summed E-state index contributed by atoms with van der Waals surface area (Å²) in [5.74, 6) is 3.04. The lowest BCUT2D eigenvalue weighted by atomic mass is 9.93. The number of unbranched alkanes of at least 4 members (excludes halogenated alkanes) is 9. The van der Waals surface area contributed by atoms with E-state index in [0.29, 0.717) is 5.92 Å². The fourth-order valence-corrected chi connectivity index (χ4v) is 6.31. The van der Waals surface area contributed by atoms with Crippen molar-refractivity contribution in [2.45, 2.75) is 184 Å². The van der Waals surface area contributed by atoms with Gasteiger partial charge in [0.25, 0.3) is 0 Å². The average Bonchev–Trinajstić information content (AvgIpc) is 2.97. The zero-order chi connectivity index (χ0) is 30.6. The topological polar surface area (TPSA) is 15.7 Å². The number of nitrogens with zero attached hydrogens (tertiary/aromatic N) is 2. The molecule has 0 aromatic carbocycles. The quantitative estimate of drug-likeness (QED) is 0.0581. The van der Waals surface area contributed by atoms with E-state index in [2.05, 4.69) is 65.4 Å². The van der Waals surface area contributed by atoms with Gasteiger partial charge in [-0.1, -0.05) is 158 Å². The van der Waals surface area contributed by atoms with Gasteiger partial charge in [-0.15, -0.1) is 0 Å². The van der Waals surface area contributed by atoms with E-state index in [1.807, 2.05) is 0 Å². The first-order valence-electron chi connectivity index (χ1n) is 19.0. The minimum Gasteiger partial charge on any atom is -0.381 e. The maximum atomic E-state index is 6.35. The summed E-state index contributed by atoms with van der Waals surface area (Å²) < 4.78 is 6.35. The Morgan fingerprint density at radius 3 is 1.49 bits per heavy atom. The Morgan fingerprint density at radius 2 is 0.902 bits per heavy atom. The van der Waals surface area contributed by atoms with Gasteiger partial charge in [-0.05, 0) is 49.4 Å². The van der Waals surface area contributed by atoms with Crippen LogP contribution in [-0.2, 0) is 4.74 Å². The van der Waals surface area contributed by atoms with Crippen molar-refractivity contribution in [2.75, 3.05) is 39.4 Å². The second-order valence-corrected chi connectivity index (χ2v) is 13.8. The lowest BCUT2D eigenvalue weighted by Crippen LogP contribution is -2.48. The van der Waals surface area contributed by atoms with Crippen molar-refractivity contribution in [1.29, 1.82) is 0 Å². The first-order valence-corrected chi connectivity index (χ1v) is 19.0. The highest BCUT2D eigenvalue weighted by Crippen LogP contribution is 2.21. The molecule has 0 bridgehead atoms. The number of hydrogen-bond acceptors (Lipinski definition) is 3. The molecule has 0 radical (unpaired) electrons. The summed E-state index contributed by atoms with van der Waals surface area (Å²) in [5, 5.41) is 5.58. The summed E-state index contributed by atoms with van der Waals surface area (Å²) in [4.78, 5) is 0. The van der Waals surface area contributed by atoms with Gasteiger partial charge in [0, 0.05) is 32.8 Å². The smallest absolute Gasteiger partial charge is 0.0504 e. The summed E-state index contributed by atoms with van der Waals surface area (Å²) in [6.45, 7) is 25.6. The Morgan fingerprint density at radius 1 is 0.439 bits per heavy atom. The van der Waals surface area contributed by atoms with Crippen molar-refractivity contribution in [2.24, 2.45) is 23.7 Å². The molecule has 0 saturated carbocycles. The third-order valence-electron chi connectivity index (χ3n) is 9.39. The number of hydrazine groups is 1. The minimum atomic E-state index is 0.575. The average molecular weight is 581 g/mol. The predicted molar refractivity (Wildman–Crippen MR) is 186 cm³/mol. The van der Waals surface area contributed by atoms with Crippen molar-refractivity contribution < 1.29 is 4.74 Å². The fourth-order valence-electron chi connectivity index (χ4n) is 6.31. The molecule has 0 spiro atoms. The summed E-state index contributed by atoms with van der Waals surface area (Å²) in [6, 6.07) is 0. The van der Waals surface area contributed by atoms with Crippen molar-refractivity contribution in [1.82, 2.24) is 10.0 Å².